The highest BCUT2D eigenvalue weighted by Crippen LogP contribution is 2.24. The number of benzene rings is 1. The minimum absolute atomic E-state index is 0.0153. The molecule has 1 fully saturated rings. The zero-order valence-corrected chi connectivity index (χ0v) is 14.3. The molecule has 2 atom stereocenters. The average Bonchev–Trinajstić information content (AvgIpc) is 3.16. The highest BCUT2D eigenvalue weighted by Gasteiger charge is 2.34. The van der Waals surface area contributed by atoms with Gasteiger partial charge in [-0.1, -0.05) is 30.7 Å². The van der Waals surface area contributed by atoms with Crippen LogP contribution >= 0.6 is 11.6 Å². The van der Waals surface area contributed by atoms with Crippen LogP contribution in [0.5, 0.6) is 0 Å². The number of anilines is 1. The van der Waals surface area contributed by atoms with Crippen molar-refractivity contribution in [3.05, 3.63) is 47.1 Å². The molecule has 2 heterocycles. The quantitative estimate of drug-likeness (QED) is 0.892. The highest BCUT2D eigenvalue weighted by atomic mass is 35.5. The van der Waals surface area contributed by atoms with Crippen molar-refractivity contribution in [2.24, 2.45) is 5.92 Å². The van der Waals surface area contributed by atoms with E-state index in [4.69, 9.17) is 11.6 Å². The van der Waals surface area contributed by atoms with Gasteiger partial charge in [0.25, 0.3) is 0 Å². The Morgan fingerprint density at radius 3 is 2.83 bits per heavy atom. The number of hydrogen-bond acceptors (Lipinski definition) is 3. The van der Waals surface area contributed by atoms with Crippen molar-refractivity contribution in [1.29, 1.82) is 0 Å². The molecule has 6 nitrogen and oxygen atoms in total. The van der Waals surface area contributed by atoms with Crippen LogP contribution in [0.25, 0.3) is 0 Å². The van der Waals surface area contributed by atoms with E-state index in [0.29, 0.717) is 29.8 Å². The van der Waals surface area contributed by atoms with Gasteiger partial charge in [0.15, 0.2) is 0 Å². The molecule has 0 saturated carbocycles. The number of carbonyl (C=O) groups excluding carboxylic acids is 1. The van der Waals surface area contributed by atoms with Crippen molar-refractivity contribution in [3.8, 4) is 0 Å². The van der Waals surface area contributed by atoms with Crippen molar-refractivity contribution in [2.75, 3.05) is 18.5 Å². The molecule has 0 aliphatic carbocycles. The Morgan fingerprint density at radius 2 is 2.12 bits per heavy atom. The van der Waals surface area contributed by atoms with Gasteiger partial charge in [0.05, 0.1) is 25.4 Å². The summed E-state index contributed by atoms with van der Waals surface area (Å²) >= 11 is 5.90. The summed E-state index contributed by atoms with van der Waals surface area (Å²) in [6, 6.07) is 8.96. The summed E-state index contributed by atoms with van der Waals surface area (Å²) in [6.07, 6.45) is 2.56. The Morgan fingerprint density at radius 1 is 1.38 bits per heavy atom. The van der Waals surface area contributed by atoms with Crippen LogP contribution in [-0.2, 0) is 6.54 Å². The largest absolute Gasteiger partial charge is 0.394 e. The average molecular weight is 349 g/mol. The van der Waals surface area contributed by atoms with Crippen LogP contribution in [-0.4, -0.2) is 45.0 Å². The maximum absolute atomic E-state index is 12.5. The Bertz CT molecular complexity index is 701. The molecule has 1 aliphatic heterocycles. The fourth-order valence-corrected chi connectivity index (χ4v) is 3.17. The Hall–Kier alpha value is -2.05. The lowest BCUT2D eigenvalue weighted by Crippen LogP contribution is -2.42. The van der Waals surface area contributed by atoms with Crippen LogP contribution in [0.4, 0.5) is 10.6 Å². The predicted octanol–water partition coefficient (Wildman–Crippen LogP) is 2.82. The first-order valence-electron chi connectivity index (χ1n) is 8.03. The number of halogens is 1. The SMILES string of the molecule is C[C@@H]1CCN(C(=O)Nc2ccnn2Cc2ccc(Cl)cc2)[C@@H]1CO. The van der Waals surface area contributed by atoms with Crippen molar-refractivity contribution in [3.63, 3.8) is 0 Å². The van der Waals surface area contributed by atoms with E-state index in [-0.39, 0.29) is 18.7 Å². The van der Waals surface area contributed by atoms with E-state index in [1.165, 1.54) is 0 Å². The Labute approximate surface area is 146 Å². The van der Waals surface area contributed by atoms with E-state index in [9.17, 15) is 9.90 Å². The summed E-state index contributed by atoms with van der Waals surface area (Å²) in [7, 11) is 0. The Balaban J connectivity index is 1.69. The lowest BCUT2D eigenvalue weighted by molar-refractivity contribution is 0.152. The van der Waals surface area contributed by atoms with Crippen LogP contribution in [0.15, 0.2) is 36.5 Å². The summed E-state index contributed by atoms with van der Waals surface area (Å²) in [5, 5.41) is 17.4. The predicted molar refractivity (Wildman–Crippen MR) is 93.2 cm³/mol. The van der Waals surface area contributed by atoms with Crippen LogP contribution in [0, 0.1) is 5.92 Å². The topological polar surface area (TPSA) is 70.4 Å². The Kier molecular flexibility index (Phi) is 5.06. The summed E-state index contributed by atoms with van der Waals surface area (Å²) in [5.74, 6) is 0.936. The third kappa shape index (κ3) is 3.55. The fourth-order valence-electron chi connectivity index (χ4n) is 3.05. The third-order valence-corrected chi connectivity index (χ3v) is 4.78. The smallest absolute Gasteiger partial charge is 0.323 e. The van der Waals surface area contributed by atoms with Gasteiger partial charge in [-0.2, -0.15) is 5.10 Å². The molecule has 7 heteroatoms. The molecule has 1 aromatic heterocycles. The summed E-state index contributed by atoms with van der Waals surface area (Å²) in [5.41, 5.74) is 1.04. The molecule has 24 heavy (non-hydrogen) atoms. The first kappa shape index (κ1) is 16.8. The summed E-state index contributed by atoms with van der Waals surface area (Å²) < 4.78 is 1.73. The van der Waals surface area contributed by atoms with E-state index >= 15 is 0 Å². The van der Waals surface area contributed by atoms with E-state index < -0.39 is 0 Å². The lowest BCUT2D eigenvalue weighted by atomic mass is 10.0. The van der Waals surface area contributed by atoms with Crippen LogP contribution in [0.2, 0.25) is 5.02 Å². The van der Waals surface area contributed by atoms with Crippen LogP contribution in [0.3, 0.4) is 0 Å². The second-order valence-electron chi connectivity index (χ2n) is 6.14. The second kappa shape index (κ2) is 7.23. The maximum atomic E-state index is 12.5. The molecule has 0 unspecified atom stereocenters. The molecular weight excluding hydrogens is 328 g/mol. The molecule has 0 radical (unpaired) electrons. The van der Waals surface area contributed by atoms with Gasteiger partial charge in [-0.05, 0) is 30.0 Å². The lowest BCUT2D eigenvalue weighted by Gasteiger charge is -2.25. The molecule has 3 rings (SSSR count). The van der Waals surface area contributed by atoms with E-state index in [1.807, 2.05) is 24.3 Å². The number of rotatable bonds is 4. The molecule has 1 aliphatic rings. The fraction of sp³-hybridized carbons (Fsp3) is 0.412. The van der Waals surface area contributed by atoms with E-state index in [1.54, 1.807) is 21.8 Å². The number of nitrogens with one attached hydrogen (secondary N) is 1. The number of aromatic nitrogens is 2. The molecule has 0 spiro atoms. The normalized spacial score (nSPS) is 20.4. The van der Waals surface area contributed by atoms with Gasteiger partial charge in [0.1, 0.15) is 5.82 Å². The summed E-state index contributed by atoms with van der Waals surface area (Å²) in [6.45, 7) is 3.24. The summed E-state index contributed by atoms with van der Waals surface area (Å²) in [4.78, 5) is 14.2. The van der Waals surface area contributed by atoms with Gasteiger partial charge in [-0.15, -0.1) is 0 Å². The number of aliphatic hydroxyl groups is 1. The van der Waals surface area contributed by atoms with Gasteiger partial charge in [-0.3, -0.25) is 5.32 Å². The van der Waals surface area contributed by atoms with Gasteiger partial charge in [0.2, 0.25) is 0 Å². The van der Waals surface area contributed by atoms with Crippen molar-refractivity contribution < 1.29 is 9.90 Å². The number of aliphatic hydroxyl groups excluding tert-OH is 1. The zero-order valence-electron chi connectivity index (χ0n) is 13.5. The first-order valence-corrected chi connectivity index (χ1v) is 8.41. The number of amides is 2. The van der Waals surface area contributed by atoms with Crippen molar-refractivity contribution in [1.82, 2.24) is 14.7 Å². The van der Waals surface area contributed by atoms with Gasteiger partial charge in [0, 0.05) is 17.6 Å². The van der Waals surface area contributed by atoms with E-state index in [2.05, 4.69) is 17.3 Å². The molecule has 2 N–H and O–H groups in total. The molecule has 1 aromatic carbocycles. The first-order chi connectivity index (χ1) is 11.6. The molecule has 128 valence electrons. The number of likely N-dealkylation sites (tertiary alicyclic amines) is 1. The van der Waals surface area contributed by atoms with Crippen molar-refractivity contribution >= 4 is 23.4 Å². The highest BCUT2D eigenvalue weighted by molar-refractivity contribution is 6.30. The molecular formula is C17H21ClN4O2. The van der Waals surface area contributed by atoms with E-state index in [0.717, 1.165) is 12.0 Å². The monoisotopic (exact) mass is 348 g/mol. The van der Waals surface area contributed by atoms with Crippen LogP contribution in [0.1, 0.15) is 18.9 Å². The minimum atomic E-state index is -0.198. The second-order valence-corrected chi connectivity index (χ2v) is 6.58. The van der Waals surface area contributed by atoms with Gasteiger partial charge in [-0.25, -0.2) is 9.48 Å². The number of urea groups is 1. The third-order valence-electron chi connectivity index (χ3n) is 4.53. The maximum Gasteiger partial charge on any atom is 0.323 e. The number of hydrogen-bond donors (Lipinski definition) is 2. The molecule has 2 amide bonds. The number of nitrogens with zero attached hydrogens (tertiary/aromatic N) is 3. The molecule has 1 saturated heterocycles. The van der Waals surface area contributed by atoms with Gasteiger partial charge < -0.3 is 10.0 Å². The van der Waals surface area contributed by atoms with Crippen LogP contribution < -0.4 is 5.32 Å². The van der Waals surface area contributed by atoms with Crippen molar-refractivity contribution in [2.45, 2.75) is 25.9 Å². The standard InChI is InChI=1S/C17H21ClN4O2/c1-12-7-9-21(15(12)11-23)17(24)20-16-6-8-19-22(16)10-13-2-4-14(18)5-3-13/h2-6,8,12,15,23H,7,9-11H2,1H3,(H,20,24)/t12-,15-/m1/s1. The molecule has 2 aromatic rings. The van der Waals surface area contributed by atoms with Gasteiger partial charge >= 0.3 is 6.03 Å². The minimum Gasteiger partial charge on any atom is -0.394 e. The zero-order chi connectivity index (χ0) is 17.1. The molecule has 0 bridgehead atoms. The number of carbonyl (C=O) groups is 1.